The molecule has 4 rings (SSSR count). The highest BCUT2D eigenvalue weighted by Gasteiger charge is 2.18. The molecular weight excluding hydrogens is 416 g/mol. The van der Waals surface area contributed by atoms with E-state index in [4.69, 9.17) is 14.2 Å². The van der Waals surface area contributed by atoms with Crippen molar-refractivity contribution in [1.82, 2.24) is 9.97 Å². The Bertz CT molecular complexity index is 1250. The standard InChI is InChI=1S/C23H18N2O5S/c1-13-4-6-14(7-5-13)18-11-31-21-19(18)20(24-12-25-21)30-17-9-15(22(26)28-2)8-16(10-17)23(27)29-3/h4-12H,1-3H3. The Morgan fingerprint density at radius 3 is 2.16 bits per heavy atom. The molecule has 0 saturated heterocycles. The van der Waals surface area contributed by atoms with Gasteiger partial charge < -0.3 is 14.2 Å². The number of hydrogen-bond acceptors (Lipinski definition) is 8. The lowest BCUT2D eigenvalue weighted by atomic mass is 10.0. The first-order valence-corrected chi connectivity index (χ1v) is 10.2. The van der Waals surface area contributed by atoms with Crippen LogP contribution in [-0.4, -0.2) is 36.1 Å². The minimum atomic E-state index is -0.598. The van der Waals surface area contributed by atoms with E-state index in [-0.39, 0.29) is 16.9 Å². The number of rotatable bonds is 5. The molecule has 31 heavy (non-hydrogen) atoms. The molecule has 0 radical (unpaired) electrons. The third-order valence-electron chi connectivity index (χ3n) is 4.66. The van der Waals surface area contributed by atoms with E-state index in [2.05, 4.69) is 9.97 Å². The SMILES string of the molecule is COC(=O)c1cc(Oc2ncnc3scc(-c4ccc(C)cc4)c23)cc(C(=O)OC)c1. The van der Waals surface area contributed by atoms with E-state index >= 15 is 0 Å². The summed E-state index contributed by atoms with van der Waals surface area (Å²) in [6.45, 7) is 2.03. The van der Waals surface area contributed by atoms with Gasteiger partial charge in [0.15, 0.2) is 0 Å². The molecule has 7 nitrogen and oxygen atoms in total. The Morgan fingerprint density at radius 2 is 1.55 bits per heavy atom. The lowest BCUT2D eigenvalue weighted by Crippen LogP contribution is -2.07. The monoisotopic (exact) mass is 434 g/mol. The molecule has 0 amide bonds. The van der Waals surface area contributed by atoms with Crippen LogP contribution in [0.5, 0.6) is 11.6 Å². The maximum absolute atomic E-state index is 12.1. The maximum atomic E-state index is 12.1. The second-order valence-corrected chi connectivity index (χ2v) is 7.56. The van der Waals surface area contributed by atoms with E-state index in [1.807, 2.05) is 36.6 Å². The van der Waals surface area contributed by atoms with Gasteiger partial charge >= 0.3 is 11.9 Å². The third-order valence-corrected chi connectivity index (χ3v) is 5.55. The fourth-order valence-electron chi connectivity index (χ4n) is 3.11. The van der Waals surface area contributed by atoms with Crippen molar-refractivity contribution in [3.05, 3.63) is 70.9 Å². The predicted octanol–water partition coefficient (Wildman–Crippen LogP) is 5.03. The average Bonchev–Trinajstić information content (AvgIpc) is 3.23. The summed E-state index contributed by atoms with van der Waals surface area (Å²) in [5.74, 6) is -0.623. The number of ether oxygens (including phenoxy) is 3. The molecule has 0 aliphatic rings. The molecule has 0 aliphatic carbocycles. The first-order valence-electron chi connectivity index (χ1n) is 9.29. The lowest BCUT2D eigenvalue weighted by Gasteiger charge is -2.10. The summed E-state index contributed by atoms with van der Waals surface area (Å²) in [6, 6.07) is 12.5. The minimum Gasteiger partial charge on any atom is -0.465 e. The van der Waals surface area contributed by atoms with Crippen LogP contribution in [-0.2, 0) is 9.47 Å². The van der Waals surface area contributed by atoms with E-state index in [0.717, 1.165) is 26.9 Å². The van der Waals surface area contributed by atoms with Crippen LogP contribution in [0.1, 0.15) is 26.3 Å². The van der Waals surface area contributed by atoms with Crippen molar-refractivity contribution in [3.63, 3.8) is 0 Å². The number of carbonyl (C=O) groups is 2. The largest absolute Gasteiger partial charge is 0.465 e. The molecule has 8 heteroatoms. The Labute approximate surface area is 182 Å². The van der Waals surface area contributed by atoms with Crippen LogP contribution in [0.15, 0.2) is 54.2 Å². The Kier molecular flexibility index (Phi) is 5.64. The number of aromatic nitrogens is 2. The van der Waals surface area contributed by atoms with E-state index in [1.54, 1.807) is 0 Å². The molecule has 0 fully saturated rings. The van der Waals surface area contributed by atoms with Gasteiger partial charge in [-0.3, -0.25) is 0 Å². The van der Waals surface area contributed by atoms with E-state index in [0.29, 0.717) is 5.88 Å². The first kappa shape index (κ1) is 20.5. The number of esters is 2. The van der Waals surface area contributed by atoms with Crippen LogP contribution in [0.25, 0.3) is 21.3 Å². The van der Waals surface area contributed by atoms with Gasteiger partial charge in [0, 0.05) is 10.9 Å². The summed E-state index contributed by atoms with van der Waals surface area (Å²) in [4.78, 5) is 33.5. The van der Waals surface area contributed by atoms with Crippen LogP contribution in [0.3, 0.4) is 0 Å². The zero-order chi connectivity index (χ0) is 22.0. The number of aryl methyl sites for hydroxylation is 1. The number of benzene rings is 2. The van der Waals surface area contributed by atoms with Gasteiger partial charge in [-0.05, 0) is 30.7 Å². The molecule has 0 aliphatic heterocycles. The minimum absolute atomic E-state index is 0.162. The highest BCUT2D eigenvalue weighted by Crippen LogP contribution is 2.39. The van der Waals surface area contributed by atoms with Crippen molar-refractivity contribution >= 4 is 33.5 Å². The van der Waals surface area contributed by atoms with Gasteiger partial charge in [0.25, 0.3) is 0 Å². The summed E-state index contributed by atoms with van der Waals surface area (Å²) >= 11 is 1.48. The second kappa shape index (κ2) is 8.53. The normalized spacial score (nSPS) is 10.7. The topological polar surface area (TPSA) is 87.6 Å². The molecule has 0 unspecified atom stereocenters. The van der Waals surface area contributed by atoms with Crippen molar-refractivity contribution in [2.24, 2.45) is 0 Å². The molecule has 0 N–H and O–H groups in total. The number of thiophene rings is 1. The van der Waals surface area contributed by atoms with Crippen molar-refractivity contribution < 1.29 is 23.8 Å². The van der Waals surface area contributed by atoms with E-state index in [9.17, 15) is 9.59 Å². The predicted molar refractivity (Wildman–Crippen MR) is 117 cm³/mol. The van der Waals surface area contributed by atoms with Gasteiger partial charge in [-0.1, -0.05) is 29.8 Å². The molecule has 4 aromatic rings. The zero-order valence-corrected chi connectivity index (χ0v) is 17.9. The Hall–Kier alpha value is -3.78. The number of fused-ring (bicyclic) bond motifs is 1. The van der Waals surface area contributed by atoms with Crippen LogP contribution >= 0.6 is 11.3 Å². The molecule has 156 valence electrons. The Balaban J connectivity index is 1.82. The highest BCUT2D eigenvalue weighted by atomic mass is 32.1. The van der Waals surface area contributed by atoms with Crippen molar-refractivity contribution in [2.75, 3.05) is 14.2 Å². The average molecular weight is 434 g/mol. The quantitative estimate of drug-likeness (QED) is 0.407. The summed E-state index contributed by atoms with van der Waals surface area (Å²) < 4.78 is 15.6. The fourth-order valence-corrected chi connectivity index (χ4v) is 4.02. The molecule has 0 saturated carbocycles. The number of carbonyl (C=O) groups excluding carboxylic acids is 2. The van der Waals surface area contributed by atoms with E-state index in [1.165, 1.54) is 50.1 Å². The molecule has 2 aromatic heterocycles. The van der Waals surface area contributed by atoms with Gasteiger partial charge in [0.1, 0.15) is 16.9 Å². The van der Waals surface area contributed by atoms with Crippen LogP contribution in [0, 0.1) is 6.92 Å². The van der Waals surface area contributed by atoms with Crippen LogP contribution < -0.4 is 4.74 Å². The fraction of sp³-hybridized carbons (Fsp3) is 0.130. The van der Waals surface area contributed by atoms with E-state index < -0.39 is 11.9 Å². The summed E-state index contributed by atoms with van der Waals surface area (Å²) in [7, 11) is 2.53. The lowest BCUT2D eigenvalue weighted by molar-refractivity contribution is 0.0598. The van der Waals surface area contributed by atoms with Crippen molar-refractivity contribution in [1.29, 1.82) is 0 Å². The van der Waals surface area contributed by atoms with Crippen molar-refractivity contribution in [2.45, 2.75) is 6.92 Å². The Morgan fingerprint density at radius 1 is 0.903 bits per heavy atom. The summed E-state index contributed by atoms with van der Waals surface area (Å²) in [6.07, 6.45) is 1.42. The summed E-state index contributed by atoms with van der Waals surface area (Å²) in [5, 5.41) is 2.75. The number of nitrogens with zero attached hydrogens (tertiary/aromatic N) is 2. The zero-order valence-electron chi connectivity index (χ0n) is 17.0. The highest BCUT2D eigenvalue weighted by molar-refractivity contribution is 7.17. The molecular formula is C23H18N2O5S. The third kappa shape index (κ3) is 4.10. The van der Waals surface area contributed by atoms with Gasteiger partial charge in [-0.2, -0.15) is 0 Å². The number of hydrogen-bond donors (Lipinski definition) is 0. The van der Waals surface area contributed by atoms with Crippen molar-refractivity contribution in [3.8, 4) is 22.8 Å². The molecule has 2 aromatic carbocycles. The van der Waals surface area contributed by atoms with Gasteiger partial charge in [0.2, 0.25) is 5.88 Å². The van der Waals surface area contributed by atoms with Gasteiger partial charge in [-0.25, -0.2) is 19.6 Å². The van der Waals surface area contributed by atoms with Gasteiger partial charge in [0.05, 0.1) is 30.7 Å². The number of methoxy groups -OCH3 is 2. The van der Waals surface area contributed by atoms with Gasteiger partial charge in [-0.15, -0.1) is 11.3 Å². The molecule has 0 atom stereocenters. The smallest absolute Gasteiger partial charge is 0.338 e. The second-order valence-electron chi connectivity index (χ2n) is 6.71. The molecule has 0 spiro atoms. The molecule has 0 bridgehead atoms. The summed E-state index contributed by atoms with van der Waals surface area (Å²) in [5.41, 5.74) is 3.43. The van der Waals surface area contributed by atoms with Crippen LogP contribution in [0.4, 0.5) is 0 Å². The first-order chi connectivity index (χ1) is 15.0. The maximum Gasteiger partial charge on any atom is 0.338 e. The molecule has 2 heterocycles. The van der Waals surface area contributed by atoms with Crippen LogP contribution in [0.2, 0.25) is 0 Å².